The molecule has 6 nitrogen and oxygen atoms in total. The SMILES string of the molecule is CCNC(=NCC(C)(O)CN1CCOCC1)NCCC(C)c1cccc(C(F)(F)F)c1. The highest BCUT2D eigenvalue weighted by molar-refractivity contribution is 5.79. The van der Waals surface area contributed by atoms with E-state index in [1.54, 1.807) is 13.0 Å². The molecule has 0 amide bonds. The van der Waals surface area contributed by atoms with Crippen molar-refractivity contribution in [2.75, 3.05) is 52.5 Å². The Morgan fingerprint density at radius 3 is 2.61 bits per heavy atom. The van der Waals surface area contributed by atoms with Crippen molar-refractivity contribution in [3.05, 3.63) is 35.4 Å². The molecule has 1 heterocycles. The smallest absolute Gasteiger partial charge is 0.387 e. The summed E-state index contributed by atoms with van der Waals surface area (Å²) in [5.74, 6) is 0.545. The Balaban J connectivity index is 1.87. The van der Waals surface area contributed by atoms with Gasteiger partial charge >= 0.3 is 6.18 Å². The first-order valence-electron chi connectivity index (χ1n) is 10.8. The number of hydrogen-bond acceptors (Lipinski definition) is 4. The van der Waals surface area contributed by atoms with E-state index >= 15 is 0 Å². The minimum absolute atomic E-state index is 0.0397. The monoisotopic (exact) mass is 444 g/mol. The molecule has 1 saturated heterocycles. The van der Waals surface area contributed by atoms with Gasteiger partial charge in [-0.25, -0.2) is 0 Å². The zero-order chi connectivity index (χ0) is 22.9. The van der Waals surface area contributed by atoms with Crippen LogP contribution in [0, 0.1) is 0 Å². The van der Waals surface area contributed by atoms with Gasteiger partial charge in [0.1, 0.15) is 0 Å². The van der Waals surface area contributed by atoms with Gasteiger partial charge in [-0.2, -0.15) is 13.2 Å². The summed E-state index contributed by atoms with van der Waals surface area (Å²) >= 11 is 0. The summed E-state index contributed by atoms with van der Waals surface area (Å²) in [5.41, 5.74) is -0.931. The van der Waals surface area contributed by atoms with Crippen LogP contribution < -0.4 is 10.6 Å². The summed E-state index contributed by atoms with van der Waals surface area (Å²) in [6, 6.07) is 5.48. The van der Waals surface area contributed by atoms with Crippen molar-refractivity contribution < 1.29 is 23.0 Å². The molecule has 31 heavy (non-hydrogen) atoms. The van der Waals surface area contributed by atoms with Gasteiger partial charge in [-0.3, -0.25) is 9.89 Å². The van der Waals surface area contributed by atoms with Gasteiger partial charge < -0.3 is 20.5 Å². The van der Waals surface area contributed by atoms with Crippen LogP contribution in [-0.2, 0) is 10.9 Å². The Bertz CT molecular complexity index is 704. The van der Waals surface area contributed by atoms with E-state index in [1.807, 2.05) is 13.8 Å². The highest BCUT2D eigenvalue weighted by atomic mass is 19.4. The van der Waals surface area contributed by atoms with Gasteiger partial charge in [-0.1, -0.05) is 25.1 Å². The molecule has 2 unspecified atom stereocenters. The predicted octanol–water partition coefficient (Wildman–Crippen LogP) is 2.84. The maximum absolute atomic E-state index is 12.9. The lowest BCUT2D eigenvalue weighted by Gasteiger charge is -2.33. The van der Waals surface area contributed by atoms with Crippen LogP contribution in [0.4, 0.5) is 13.2 Å². The average molecular weight is 445 g/mol. The van der Waals surface area contributed by atoms with Crippen LogP contribution in [0.5, 0.6) is 0 Å². The predicted molar refractivity (Wildman–Crippen MR) is 116 cm³/mol. The maximum Gasteiger partial charge on any atom is 0.416 e. The number of rotatable bonds is 9. The summed E-state index contributed by atoms with van der Waals surface area (Å²) in [6.45, 7) is 10.6. The number of guanidine groups is 1. The van der Waals surface area contributed by atoms with Gasteiger partial charge in [-0.15, -0.1) is 0 Å². The molecule has 3 N–H and O–H groups in total. The van der Waals surface area contributed by atoms with Crippen molar-refractivity contribution in [3.8, 4) is 0 Å². The van der Waals surface area contributed by atoms with E-state index in [1.165, 1.54) is 12.1 Å². The Kier molecular flexibility index (Phi) is 9.58. The lowest BCUT2D eigenvalue weighted by molar-refractivity contribution is -0.137. The number of hydrogen-bond donors (Lipinski definition) is 3. The molecule has 0 aliphatic carbocycles. The number of morpholine rings is 1. The Morgan fingerprint density at radius 1 is 1.26 bits per heavy atom. The average Bonchev–Trinajstić information content (AvgIpc) is 2.72. The summed E-state index contributed by atoms with van der Waals surface area (Å²) < 4.78 is 44.1. The fraction of sp³-hybridized carbons (Fsp3) is 0.682. The van der Waals surface area contributed by atoms with Crippen molar-refractivity contribution >= 4 is 5.96 Å². The molecule has 1 aliphatic rings. The second-order valence-electron chi connectivity index (χ2n) is 8.32. The number of nitrogens with one attached hydrogen (secondary N) is 2. The van der Waals surface area contributed by atoms with E-state index in [0.29, 0.717) is 50.8 Å². The second kappa shape index (κ2) is 11.7. The zero-order valence-corrected chi connectivity index (χ0v) is 18.6. The van der Waals surface area contributed by atoms with E-state index in [0.717, 1.165) is 19.2 Å². The molecule has 1 fully saturated rings. The van der Waals surface area contributed by atoms with Crippen molar-refractivity contribution in [2.45, 2.75) is 44.9 Å². The molecule has 0 radical (unpaired) electrons. The third kappa shape index (κ3) is 9.04. The molecule has 0 saturated carbocycles. The normalized spacial score (nSPS) is 19.0. The van der Waals surface area contributed by atoms with Crippen LogP contribution in [0.25, 0.3) is 0 Å². The van der Waals surface area contributed by atoms with Gasteiger partial charge in [0.15, 0.2) is 5.96 Å². The second-order valence-corrected chi connectivity index (χ2v) is 8.32. The Hall–Kier alpha value is -1.84. The topological polar surface area (TPSA) is 69.1 Å². The molecule has 1 aromatic rings. The molecule has 0 aromatic heterocycles. The van der Waals surface area contributed by atoms with Crippen molar-refractivity contribution in [1.82, 2.24) is 15.5 Å². The molecule has 1 aliphatic heterocycles. The molecular formula is C22H35F3N4O2. The lowest BCUT2D eigenvalue weighted by Crippen LogP contribution is -2.48. The molecular weight excluding hydrogens is 409 g/mol. The fourth-order valence-corrected chi connectivity index (χ4v) is 3.48. The number of aliphatic hydroxyl groups is 1. The van der Waals surface area contributed by atoms with Gasteiger partial charge in [-0.05, 0) is 37.8 Å². The molecule has 1 aromatic carbocycles. The first kappa shape index (κ1) is 25.4. The first-order chi connectivity index (χ1) is 14.6. The third-order valence-electron chi connectivity index (χ3n) is 5.24. The molecule has 9 heteroatoms. The van der Waals surface area contributed by atoms with Crippen LogP contribution >= 0.6 is 0 Å². The van der Waals surface area contributed by atoms with Gasteiger partial charge in [0.05, 0.1) is 30.9 Å². The molecule has 0 spiro atoms. The standard InChI is InChI=1S/C22H35F3N4O2/c1-4-26-20(28-15-21(3,30)16-29-10-12-31-13-11-29)27-9-8-17(2)18-6-5-7-19(14-18)22(23,24)25/h5-7,14,17,30H,4,8-13,15-16H2,1-3H3,(H2,26,27,28). The maximum atomic E-state index is 12.9. The Labute approximate surface area is 182 Å². The quantitative estimate of drug-likeness (QED) is 0.404. The van der Waals surface area contributed by atoms with Crippen LogP contribution in [-0.4, -0.2) is 74.0 Å². The minimum Gasteiger partial charge on any atom is -0.387 e. The largest absolute Gasteiger partial charge is 0.416 e. The first-order valence-corrected chi connectivity index (χ1v) is 10.8. The summed E-state index contributed by atoms with van der Waals surface area (Å²) in [7, 11) is 0. The van der Waals surface area contributed by atoms with Gasteiger partial charge in [0.2, 0.25) is 0 Å². The van der Waals surface area contributed by atoms with Crippen LogP contribution in [0.3, 0.4) is 0 Å². The van der Waals surface area contributed by atoms with E-state index in [2.05, 4.69) is 20.5 Å². The van der Waals surface area contributed by atoms with Crippen molar-refractivity contribution in [2.24, 2.45) is 4.99 Å². The van der Waals surface area contributed by atoms with E-state index in [-0.39, 0.29) is 12.5 Å². The van der Waals surface area contributed by atoms with Crippen LogP contribution in [0.2, 0.25) is 0 Å². The van der Waals surface area contributed by atoms with Crippen molar-refractivity contribution in [1.29, 1.82) is 0 Å². The number of alkyl halides is 3. The highest BCUT2D eigenvalue weighted by Gasteiger charge is 2.30. The molecule has 176 valence electrons. The molecule has 2 rings (SSSR count). The highest BCUT2D eigenvalue weighted by Crippen LogP contribution is 2.31. The number of ether oxygens (including phenoxy) is 1. The van der Waals surface area contributed by atoms with Crippen LogP contribution in [0.15, 0.2) is 29.3 Å². The van der Waals surface area contributed by atoms with Crippen LogP contribution in [0.1, 0.15) is 44.2 Å². The number of halogens is 3. The summed E-state index contributed by atoms with van der Waals surface area (Å²) in [6.07, 6.45) is -3.69. The van der Waals surface area contributed by atoms with E-state index in [4.69, 9.17) is 4.74 Å². The van der Waals surface area contributed by atoms with E-state index < -0.39 is 17.3 Å². The Morgan fingerprint density at radius 2 is 1.97 bits per heavy atom. The summed E-state index contributed by atoms with van der Waals surface area (Å²) in [5, 5.41) is 17.1. The van der Waals surface area contributed by atoms with E-state index in [9.17, 15) is 18.3 Å². The molecule has 0 bridgehead atoms. The number of aliphatic imine (C=N–C) groups is 1. The molecule has 2 atom stereocenters. The van der Waals surface area contributed by atoms with Gasteiger partial charge in [0, 0.05) is 32.7 Å². The fourth-order valence-electron chi connectivity index (χ4n) is 3.48. The third-order valence-corrected chi connectivity index (χ3v) is 5.24. The van der Waals surface area contributed by atoms with Gasteiger partial charge in [0.25, 0.3) is 0 Å². The number of nitrogens with zero attached hydrogens (tertiary/aromatic N) is 2. The zero-order valence-electron chi connectivity index (χ0n) is 18.6. The number of benzene rings is 1. The number of β-amino-alcohol motifs (C(OH)–C–C–N with tert-alkyl or cyclic N) is 1. The van der Waals surface area contributed by atoms with Crippen molar-refractivity contribution in [3.63, 3.8) is 0 Å². The lowest BCUT2D eigenvalue weighted by atomic mass is 9.96. The minimum atomic E-state index is -4.34. The summed E-state index contributed by atoms with van der Waals surface area (Å²) in [4.78, 5) is 6.67.